The van der Waals surface area contributed by atoms with Gasteiger partial charge in [-0.3, -0.25) is 9.59 Å². The predicted molar refractivity (Wildman–Crippen MR) is 90.7 cm³/mol. The zero-order valence-electron chi connectivity index (χ0n) is 13.0. The first kappa shape index (κ1) is 17.0. The molecule has 2 amide bonds. The van der Waals surface area contributed by atoms with Crippen LogP contribution >= 0.6 is 15.9 Å². The van der Waals surface area contributed by atoms with Gasteiger partial charge in [0, 0.05) is 22.6 Å². The molecule has 4 nitrogen and oxygen atoms in total. The van der Waals surface area contributed by atoms with Gasteiger partial charge in [0.2, 0.25) is 5.91 Å². The highest BCUT2D eigenvalue weighted by atomic mass is 79.9. The lowest BCUT2D eigenvalue weighted by Crippen LogP contribution is -2.46. The Bertz CT molecular complexity index is 510. The number of nitrogens with one attached hydrogen (secondary N) is 1. The van der Waals surface area contributed by atoms with Crippen molar-refractivity contribution in [3.05, 3.63) is 34.3 Å². The number of likely N-dealkylation sites (N-methyl/N-ethyl adjacent to an activating group) is 1. The third kappa shape index (κ3) is 4.57. The number of amides is 2. The van der Waals surface area contributed by atoms with Crippen LogP contribution in [0.4, 0.5) is 0 Å². The summed E-state index contributed by atoms with van der Waals surface area (Å²) in [5.41, 5.74) is 0.566. The lowest BCUT2D eigenvalue weighted by Gasteiger charge is -2.33. The highest BCUT2D eigenvalue weighted by Gasteiger charge is 2.24. The maximum absolute atomic E-state index is 12.4. The Kier molecular flexibility index (Phi) is 6.43. The molecule has 0 spiro atoms. The molecule has 0 aliphatic heterocycles. The molecule has 1 aliphatic carbocycles. The molecular formula is C17H23BrN2O2. The minimum absolute atomic E-state index is 0.0138. The maximum atomic E-state index is 12.4. The van der Waals surface area contributed by atoms with Crippen molar-refractivity contribution in [2.24, 2.45) is 0 Å². The summed E-state index contributed by atoms with van der Waals surface area (Å²) >= 11 is 3.34. The van der Waals surface area contributed by atoms with Gasteiger partial charge in [0.1, 0.15) is 0 Å². The predicted octanol–water partition coefficient (Wildman–Crippen LogP) is 3.36. The molecule has 1 aromatic rings. The Morgan fingerprint density at radius 1 is 1.18 bits per heavy atom. The summed E-state index contributed by atoms with van der Waals surface area (Å²) in [5.74, 6) is -0.194. The van der Waals surface area contributed by atoms with Gasteiger partial charge in [-0.2, -0.15) is 0 Å². The van der Waals surface area contributed by atoms with Gasteiger partial charge in [0.25, 0.3) is 5.91 Å². The van der Waals surface area contributed by atoms with Crippen LogP contribution in [-0.2, 0) is 4.79 Å². The van der Waals surface area contributed by atoms with Crippen molar-refractivity contribution < 1.29 is 9.59 Å². The van der Waals surface area contributed by atoms with E-state index in [0.717, 1.165) is 17.3 Å². The molecule has 0 atom stereocenters. The van der Waals surface area contributed by atoms with E-state index in [0.29, 0.717) is 18.2 Å². The second kappa shape index (κ2) is 8.32. The van der Waals surface area contributed by atoms with Crippen LogP contribution in [0.3, 0.4) is 0 Å². The van der Waals surface area contributed by atoms with Crippen LogP contribution in [0.5, 0.6) is 0 Å². The molecule has 0 radical (unpaired) electrons. The van der Waals surface area contributed by atoms with Gasteiger partial charge >= 0.3 is 0 Å². The van der Waals surface area contributed by atoms with E-state index >= 15 is 0 Å². The van der Waals surface area contributed by atoms with Crippen LogP contribution in [0.2, 0.25) is 0 Å². The summed E-state index contributed by atoms with van der Waals surface area (Å²) in [5, 5.41) is 2.73. The van der Waals surface area contributed by atoms with E-state index in [2.05, 4.69) is 21.2 Å². The summed E-state index contributed by atoms with van der Waals surface area (Å²) in [6.07, 6.45) is 5.82. The Morgan fingerprint density at radius 3 is 2.41 bits per heavy atom. The Labute approximate surface area is 140 Å². The second-order valence-corrected chi connectivity index (χ2v) is 6.58. The zero-order chi connectivity index (χ0) is 15.9. The van der Waals surface area contributed by atoms with E-state index in [-0.39, 0.29) is 18.4 Å². The molecule has 1 N–H and O–H groups in total. The Balaban J connectivity index is 1.87. The molecule has 1 aliphatic rings. The van der Waals surface area contributed by atoms with Gasteiger partial charge in [-0.05, 0) is 44.0 Å². The van der Waals surface area contributed by atoms with Gasteiger partial charge in [0.15, 0.2) is 0 Å². The third-order valence-corrected chi connectivity index (χ3v) is 4.71. The zero-order valence-corrected chi connectivity index (χ0v) is 14.6. The van der Waals surface area contributed by atoms with Gasteiger partial charge in [-0.25, -0.2) is 0 Å². The van der Waals surface area contributed by atoms with Crippen LogP contribution in [0.15, 0.2) is 28.7 Å². The smallest absolute Gasteiger partial charge is 0.251 e. The van der Waals surface area contributed by atoms with Crippen molar-refractivity contribution in [1.82, 2.24) is 10.2 Å². The van der Waals surface area contributed by atoms with E-state index in [4.69, 9.17) is 0 Å². The van der Waals surface area contributed by atoms with Crippen molar-refractivity contribution in [3.63, 3.8) is 0 Å². The number of nitrogens with zero attached hydrogens (tertiary/aromatic N) is 1. The number of rotatable bonds is 5. The van der Waals surface area contributed by atoms with E-state index in [1.807, 2.05) is 24.0 Å². The number of carbonyl (C=O) groups is 2. The third-order valence-electron chi connectivity index (χ3n) is 4.18. The Hall–Kier alpha value is -1.36. The van der Waals surface area contributed by atoms with Crippen molar-refractivity contribution in [1.29, 1.82) is 0 Å². The molecule has 0 bridgehead atoms. The van der Waals surface area contributed by atoms with Crippen molar-refractivity contribution in [2.45, 2.75) is 45.1 Å². The van der Waals surface area contributed by atoms with E-state index in [1.165, 1.54) is 19.3 Å². The van der Waals surface area contributed by atoms with Crippen LogP contribution in [0, 0.1) is 0 Å². The summed E-state index contributed by atoms with van der Waals surface area (Å²) in [7, 11) is 0. The number of halogens is 1. The van der Waals surface area contributed by atoms with E-state index in [9.17, 15) is 9.59 Å². The molecule has 0 saturated heterocycles. The molecule has 5 heteroatoms. The fourth-order valence-corrected chi connectivity index (χ4v) is 3.26. The number of hydrogen-bond acceptors (Lipinski definition) is 2. The second-order valence-electron chi connectivity index (χ2n) is 5.66. The van der Waals surface area contributed by atoms with Crippen LogP contribution in [0.1, 0.15) is 49.4 Å². The maximum Gasteiger partial charge on any atom is 0.251 e. The molecular weight excluding hydrogens is 344 g/mol. The van der Waals surface area contributed by atoms with Crippen LogP contribution in [-0.4, -0.2) is 35.8 Å². The molecule has 1 aromatic carbocycles. The molecule has 0 aromatic heterocycles. The minimum atomic E-state index is -0.208. The normalized spacial score (nSPS) is 15.4. The molecule has 2 rings (SSSR count). The number of benzene rings is 1. The summed E-state index contributed by atoms with van der Waals surface area (Å²) in [4.78, 5) is 26.3. The molecule has 1 saturated carbocycles. The fraction of sp³-hybridized carbons (Fsp3) is 0.529. The van der Waals surface area contributed by atoms with Crippen LogP contribution < -0.4 is 5.32 Å². The van der Waals surface area contributed by atoms with Crippen molar-refractivity contribution >= 4 is 27.7 Å². The summed E-state index contributed by atoms with van der Waals surface area (Å²) < 4.78 is 0.926. The van der Waals surface area contributed by atoms with Gasteiger partial charge in [-0.15, -0.1) is 0 Å². The van der Waals surface area contributed by atoms with Gasteiger partial charge in [-0.1, -0.05) is 35.2 Å². The first-order valence-electron chi connectivity index (χ1n) is 7.95. The summed E-state index contributed by atoms with van der Waals surface area (Å²) in [6, 6.07) is 7.45. The fourth-order valence-electron chi connectivity index (χ4n) is 2.99. The van der Waals surface area contributed by atoms with E-state index < -0.39 is 0 Å². The molecule has 22 heavy (non-hydrogen) atoms. The monoisotopic (exact) mass is 366 g/mol. The highest BCUT2D eigenvalue weighted by molar-refractivity contribution is 9.10. The van der Waals surface area contributed by atoms with E-state index in [1.54, 1.807) is 12.1 Å². The lowest BCUT2D eigenvalue weighted by atomic mass is 9.94. The molecule has 0 heterocycles. The SMILES string of the molecule is CCN(C(=O)CNC(=O)c1ccc(Br)cc1)C1CCCCC1. The average molecular weight is 367 g/mol. The van der Waals surface area contributed by atoms with Gasteiger partial charge < -0.3 is 10.2 Å². The topological polar surface area (TPSA) is 49.4 Å². The largest absolute Gasteiger partial charge is 0.343 e. The molecule has 0 unspecified atom stereocenters. The standard InChI is InChI=1S/C17H23BrN2O2/c1-2-20(15-6-4-3-5-7-15)16(21)12-19-17(22)13-8-10-14(18)11-9-13/h8-11,15H,2-7,12H2,1H3,(H,19,22). The quantitative estimate of drug-likeness (QED) is 0.868. The van der Waals surface area contributed by atoms with Crippen molar-refractivity contribution in [3.8, 4) is 0 Å². The summed E-state index contributed by atoms with van der Waals surface area (Å²) in [6.45, 7) is 2.78. The minimum Gasteiger partial charge on any atom is -0.343 e. The average Bonchev–Trinajstić information content (AvgIpc) is 2.55. The van der Waals surface area contributed by atoms with Crippen molar-refractivity contribution in [2.75, 3.05) is 13.1 Å². The lowest BCUT2D eigenvalue weighted by molar-refractivity contribution is -0.132. The van der Waals surface area contributed by atoms with Crippen LogP contribution in [0.25, 0.3) is 0 Å². The van der Waals surface area contributed by atoms with Gasteiger partial charge in [0.05, 0.1) is 6.54 Å². The number of hydrogen-bond donors (Lipinski definition) is 1. The molecule has 120 valence electrons. The highest BCUT2D eigenvalue weighted by Crippen LogP contribution is 2.22. The molecule has 1 fully saturated rings. The Morgan fingerprint density at radius 2 is 1.82 bits per heavy atom. The first-order valence-corrected chi connectivity index (χ1v) is 8.74. The number of carbonyl (C=O) groups excluding carboxylic acids is 2. The first-order chi connectivity index (χ1) is 10.6.